The van der Waals surface area contributed by atoms with Crippen molar-refractivity contribution in [3.63, 3.8) is 0 Å². The monoisotopic (exact) mass is 168 g/mol. The third-order valence-corrected chi connectivity index (χ3v) is 1.54. The molecule has 2 rings (SSSR count). The van der Waals surface area contributed by atoms with Crippen LogP contribution in [0.1, 0.15) is 0 Å². The summed E-state index contributed by atoms with van der Waals surface area (Å²) < 4.78 is 17.4. The van der Waals surface area contributed by atoms with Crippen LogP contribution in [0, 0.1) is 5.82 Å². The molecule has 0 aliphatic carbocycles. The van der Waals surface area contributed by atoms with Gasteiger partial charge in [0, 0.05) is 6.07 Å². The molecule has 3 N–H and O–H groups in total. The van der Waals surface area contributed by atoms with Gasteiger partial charge in [0.1, 0.15) is 5.82 Å². The molecule has 0 spiro atoms. The molecule has 0 radical (unpaired) electrons. The number of anilines is 1. The van der Waals surface area contributed by atoms with Gasteiger partial charge in [-0.2, -0.15) is 0 Å². The van der Waals surface area contributed by atoms with Crippen LogP contribution in [0.5, 0.6) is 0 Å². The standard InChI is InChI=1S/C7H5FN2O2/c8-3-1-6-5(2-4(3)9)10-7(11)12-6/h1-2H,9H2,(H,10,11). The molecule has 1 aromatic heterocycles. The fourth-order valence-corrected chi connectivity index (χ4v) is 0.989. The van der Waals surface area contributed by atoms with Crippen molar-refractivity contribution < 1.29 is 8.81 Å². The van der Waals surface area contributed by atoms with Gasteiger partial charge in [0.25, 0.3) is 0 Å². The summed E-state index contributed by atoms with van der Waals surface area (Å²) in [5.74, 6) is -1.21. The van der Waals surface area contributed by atoms with Gasteiger partial charge in [-0.1, -0.05) is 0 Å². The first-order valence-corrected chi connectivity index (χ1v) is 3.24. The molecule has 1 aromatic carbocycles. The topological polar surface area (TPSA) is 72.0 Å². The highest BCUT2D eigenvalue weighted by Crippen LogP contribution is 2.17. The van der Waals surface area contributed by atoms with E-state index in [1.54, 1.807) is 0 Å². The summed E-state index contributed by atoms with van der Waals surface area (Å²) in [6.45, 7) is 0. The lowest BCUT2D eigenvalue weighted by molar-refractivity contribution is 0.551. The maximum Gasteiger partial charge on any atom is 0.417 e. The first-order valence-electron chi connectivity index (χ1n) is 3.24. The molecule has 0 amide bonds. The van der Waals surface area contributed by atoms with Crippen molar-refractivity contribution in [1.82, 2.24) is 4.98 Å². The van der Waals surface area contributed by atoms with Gasteiger partial charge in [0.15, 0.2) is 5.58 Å². The Morgan fingerprint density at radius 1 is 1.50 bits per heavy atom. The zero-order valence-electron chi connectivity index (χ0n) is 5.93. The first-order chi connectivity index (χ1) is 5.66. The number of nitrogens with one attached hydrogen (secondary N) is 1. The number of benzene rings is 1. The van der Waals surface area contributed by atoms with E-state index in [1.165, 1.54) is 6.07 Å². The van der Waals surface area contributed by atoms with Crippen molar-refractivity contribution in [3.05, 3.63) is 28.5 Å². The van der Waals surface area contributed by atoms with Gasteiger partial charge >= 0.3 is 5.76 Å². The zero-order valence-corrected chi connectivity index (χ0v) is 5.93. The highest BCUT2D eigenvalue weighted by atomic mass is 19.1. The quantitative estimate of drug-likeness (QED) is 0.572. The average molecular weight is 168 g/mol. The van der Waals surface area contributed by atoms with Crippen LogP contribution in [0.15, 0.2) is 21.3 Å². The summed E-state index contributed by atoms with van der Waals surface area (Å²) in [5, 5.41) is 0. The largest absolute Gasteiger partial charge is 0.417 e. The molecule has 0 atom stereocenters. The summed E-state index contributed by atoms with van der Waals surface area (Å²) in [6.07, 6.45) is 0. The number of aromatic amines is 1. The molecular formula is C7H5FN2O2. The molecular weight excluding hydrogens is 163 g/mol. The van der Waals surface area contributed by atoms with E-state index in [4.69, 9.17) is 5.73 Å². The smallest absolute Gasteiger partial charge is 0.408 e. The molecule has 0 aliphatic rings. The van der Waals surface area contributed by atoms with Gasteiger partial charge in [-0.05, 0) is 6.07 Å². The summed E-state index contributed by atoms with van der Waals surface area (Å²) in [5.41, 5.74) is 5.82. The van der Waals surface area contributed by atoms with Crippen molar-refractivity contribution in [3.8, 4) is 0 Å². The van der Waals surface area contributed by atoms with Crippen LogP contribution < -0.4 is 11.5 Å². The Labute approximate surface area is 65.8 Å². The fourth-order valence-electron chi connectivity index (χ4n) is 0.989. The van der Waals surface area contributed by atoms with Crippen molar-refractivity contribution in [2.24, 2.45) is 0 Å². The Hall–Kier alpha value is -1.78. The van der Waals surface area contributed by atoms with Gasteiger partial charge in [0.05, 0.1) is 11.2 Å². The van der Waals surface area contributed by atoms with E-state index in [9.17, 15) is 9.18 Å². The highest BCUT2D eigenvalue weighted by molar-refractivity contribution is 5.76. The van der Waals surface area contributed by atoms with Crippen LogP contribution in [-0.4, -0.2) is 4.98 Å². The van der Waals surface area contributed by atoms with E-state index in [0.29, 0.717) is 5.52 Å². The number of nitrogen functional groups attached to an aromatic ring is 1. The Bertz CT molecular complexity index is 444. The molecule has 4 nitrogen and oxygen atoms in total. The second-order valence-electron chi connectivity index (χ2n) is 2.38. The third kappa shape index (κ3) is 0.868. The van der Waals surface area contributed by atoms with E-state index in [2.05, 4.69) is 9.40 Å². The predicted octanol–water partition coefficient (Wildman–Crippen LogP) is 0.842. The lowest BCUT2D eigenvalue weighted by Gasteiger charge is -1.93. The lowest BCUT2D eigenvalue weighted by Crippen LogP contribution is -1.93. The summed E-state index contributed by atoms with van der Waals surface area (Å²) in [6, 6.07) is 2.39. The third-order valence-electron chi connectivity index (χ3n) is 1.54. The summed E-state index contributed by atoms with van der Waals surface area (Å²) in [4.78, 5) is 13.0. The number of aromatic nitrogens is 1. The average Bonchev–Trinajstić information content (AvgIpc) is 2.30. The SMILES string of the molecule is Nc1cc2[nH]c(=O)oc2cc1F. The van der Waals surface area contributed by atoms with E-state index in [0.717, 1.165) is 6.07 Å². The van der Waals surface area contributed by atoms with E-state index >= 15 is 0 Å². The van der Waals surface area contributed by atoms with Gasteiger partial charge in [-0.25, -0.2) is 9.18 Å². The molecule has 0 aliphatic heterocycles. The molecule has 1 heterocycles. The minimum atomic E-state index is -0.616. The fraction of sp³-hybridized carbons (Fsp3) is 0. The Balaban J connectivity index is 2.92. The van der Waals surface area contributed by atoms with Crippen LogP contribution in [0.4, 0.5) is 10.1 Å². The van der Waals surface area contributed by atoms with Crippen molar-refractivity contribution >= 4 is 16.8 Å². The van der Waals surface area contributed by atoms with Crippen LogP contribution in [-0.2, 0) is 0 Å². The summed E-state index contributed by atoms with van der Waals surface area (Å²) >= 11 is 0. The molecule has 0 unspecified atom stereocenters. The van der Waals surface area contributed by atoms with Crippen LogP contribution in [0.2, 0.25) is 0 Å². The molecule has 62 valence electrons. The predicted molar refractivity (Wildman–Crippen MR) is 41.2 cm³/mol. The van der Waals surface area contributed by atoms with Gasteiger partial charge in [-0.15, -0.1) is 0 Å². The molecule has 5 heteroatoms. The Kier molecular flexibility index (Phi) is 1.21. The Morgan fingerprint density at radius 3 is 3.00 bits per heavy atom. The second-order valence-corrected chi connectivity index (χ2v) is 2.38. The van der Waals surface area contributed by atoms with E-state index in [1.807, 2.05) is 0 Å². The van der Waals surface area contributed by atoms with Gasteiger partial charge in [-0.3, -0.25) is 4.98 Å². The lowest BCUT2D eigenvalue weighted by atomic mass is 10.3. The first kappa shape index (κ1) is 6.90. The van der Waals surface area contributed by atoms with Gasteiger partial charge in [0.2, 0.25) is 0 Å². The normalized spacial score (nSPS) is 10.8. The number of rotatable bonds is 0. The minimum absolute atomic E-state index is 0.0143. The molecule has 2 aromatic rings. The van der Waals surface area contributed by atoms with Crippen molar-refractivity contribution in [2.75, 3.05) is 5.73 Å². The number of H-pyrrole nitrogens is 1. The van der Waals surface area contributed by atoms with Gasteiger partial charge < -0.3 is 10.2 Å². The number of hydrogen-bond donors (Lipinski definition) is 2. The minimum Gasteiger partial charge on any atom is -0.408 e. The van der Waals surface area contributed by atoms with Crippen molar-refractivity contribution in [1.29, 1.82) is 0 Å². The number of oxazole rings is 1. The summed E-state index contributed by atoms with van der Waals surface area (Å²) in [7, 11) is 0. The maximum absolute atomic E-state index is 12.8. The van der Waals surface area contributed by atoms with Crippen LogP contribution in [0.3, 0.4) is 0 Å². The highest BCUT2D eigenvalue weighted by Gasteiger charge is 2.05. The van der Waals surface area contributed by atoms with E-state index < -0.39 is 11.6 Å². The zero-order chi connectivity index (χ0) is 8.72. The number of halogens is 1. The van der Waals surface area contributed by atoms with E-state index in [-0.39, 0.29) is 11.3 Å². The van der Waals surface area contributed by atoms with Crippen LogP contribution in [0.25, 0.3) is 11.1 Å². The number of hydrogen-bond acceptors (Lipinski definition) is 3. The number of nitrogens with two attached hydrogens (primary N) is 1. The molecule has 0 saturated carbocycles. The second kappa shape index (κ2) is 2.10. The molecule has 12 heavy (non-hydrogen) atoms. The molecule has 0 bridgehead atoms. The molecule has 0 saturated heterocycles. The number of fused-ring (bicyclic) bond motifs is 1. The van der Waals surface area contributed by atoms with Crippen LogP contribution >= 0.6 is 0 Å². The Morgan fingerprint density at radius 2 is 2.25 bits per heavy atom. The van der Waals surface area contributed by atoms with Crippen molar-refractivity contribution in [2.45, 2.75) is 0 Å². The maximum atomic E-state index is 12.8. The molecule has 0 fully saturated rings.